The van der Waals surface area contributed by atoms with Crippen LogP contribution in [0, 0.1) is 10.8 Å². The van der Waals surface area contributed by atoms with Crippen molar-refractivity contribution in [3.63, 3.8) is 0 Å². The van der Waals surface area contributed by atoms with Crippen molar-refractivity contribution in [2.24, 2.45) is 0 Å². The first-order valence-corrected chi connectivity index (χ1v) is 3.33. The minimum absolute atomic E-state index is 0.186. The minimum Gasteiger partial charge on any atom is -0.338 e. The molecule has 1 aliphatic heterocycles. The van der Waals surface area contributed by atoms with E-state index in [0.29, 0.717) is 0 Å². The van der Waals surface area contributed by atoms with Gasteiger partial charge in [-0.05, 0) is 6.07 Å². The summed E-state index contributed by atoms with van der Waals surface area (Å²) >= 11 is 0. The van der Waals surface area contributed by atoms with E-state index in [-0.39, 0.29) is 11.5 Å². The largest absolute Gasteiger partial charge is 0.338 e. The molecule has 3 N–H and O–H groups in total. The standard InChI is InChI=1S/C8H7N3/c9-7-5-3-1-2-4-6(5)11-8(7)10/h1-4H,(H3,9,10,11). The lowest BCUT2D eigenvalue weighted by Crippen LogP contribution is -2.11. The quantitative estimate of drug-likeness (QED) is 0.508. The van der Waals surface area contributed by atoms with Gasteiger partial charge >= 0.3 is 0 Å². The maximum atomic E-state index is 7.45. The van der Waals surface area contributed by atoms with Crippen molar-refractivity contribution < 1.29 is 0 Å². The zero-order valence-electron chi connectivity index (χ0n) is 5.81. The number of amidine groups is 1. The molecule has 0 aromatic heterocycles. The average Bonchev–Trinajstić information content (AvgIpc) is 2.30. The molecule has 1 aliphatic rings. The molecule has 2 rings (SSSR count). The van der Waals surface area contributed by atoms with E-state index in [1.54, 1.807) is 0 Å². The van der Waals surface area contributed by atoms with Crippen LogP contribution in [0.2, 0.25) is 0 Å². The number of fused-ring (bicyclic) bond motifs is 1. The van der Waals surface area contributed by atoms with Crippen LogP contribution < -0.4 is 5.32 Å². The van der Waals surface area contributed by atoms with Crippen LogP contribution in [-0.2, 0) is 0 Å². The van der Waals surface area contributed by atoms with Gasteiger partial charge in [0.05, 0.1) is 0 Å². The second-order valence-corrected chi connectivity index (χ2v) is 2.42. The minimum atomic E-state index is 0.186. The number of hydrogen-bond acceptors (Lipinski definition) is 2. The molecular weight excluding hydrogens is 138 g/mol. The highest BCUT2D eigenvalue weighted by Crippen LogP contribution is 2.21. The number of para-hydroxylation sites is 1. The smallest absolute Gasteiger partial charge is 0.148 e. The van der Waals surface area contributed by atoms with Crippen molar-refractivity contribution in [2.75, 3.05) is 5.32 Å². The Morgan fingerprint density at radius 1 is 1.09 bits per heavy atom. The Balaban J connectivity index is 2.64. The van der Waals surface area contributed by atoms with E-state index in [9.17, 15) is 0 Å². The van der Waals surface area contributed by atoms with Crippen molar-refractivity contribution in [3.8, 4) is 0 Å². The molecule has 11 heavy (non-hydrogen) atoms. The normalized spacial score (nSPS) is 14.5. The summed E-state index contributed by atoms with van der Waals surface area (Å²) < 4.78 is 0. The maximum absolute atomic E-state index is 7.45. The van der Waals surface area contributed by atoms with Crippen molar-refractivity contribution in [1.82, 2.24) is 0 Å². The SMILES string of the molecule is N=C1Nc2ccccc2C1=N. The second kappa shape index (κ2) is 1.92. The van der Waals surface area contributed by atoms with Crippen LogP contribution in [0.25, 0.3) is 0 Å². The Kier molecular flexibility index (Phi) is 1.06. The molecular formula is C8H7N3. The van der Waals surface area contributed by atoms with Crippen molar-refractivity contribution in [2.45, 2.75) is 0 Å². The van der Waals surface area contributed by atoms with Crippen molar-refractivity contribution in [1.29, 1.82) is 10.8 Å². The van der Waals surface area contributed by atoms with Crippen LogP contribution in [-0.4, -0.2) is 11.5 Å². The summed E-state index contributed by atoms with van der Waals surface area (Å²) in [5, 5.41) is 17.6. The monoisotopic (exact) mass is 145 g/mol. The Labute approximate surface area is 64.1 Å². The highest BCUT2D eigenvalue weighted by molar-refractivity contribution is 6.53. The van der Waals surface area contributed by atoms with Crippen LogP contribution in [0.5, 0.6) is 0 Å². The Morgan fingerprint density at radius 2 is 1.82 bits per heavy atom. The molecule has 3 nitrogen and oxygen atoms in total. The highest BCUT2D eigenvalue weighted by atomic mass is 15.0. The summed E-state index contributed by atoms with van der Waals surface area (Å²) in [5.74, 6) is 0.186. The lowest BCUT2D eigenvalue weighted by atomic mass is 10.1. The topological polar surface area (TPSA) is 59.7 Å². The summed E-state index contributed by atoms with van der Waals surface area (Å²) in [6.07, 6.45) is 0. The van der Waals surface area contributed by atoms with Crippen LogP contribution in [0.1, 0.15) is 5.56 Å². The first kappa shape index (κ1) is 6.09. The number of benzene rings is 1. The van der Waals surface area contributed by atoms with Gasteiger partial charge in [-0.25, -0.2) is 0 Å². The third kappa shape index (κ3) is 0.741. The molecule has 0 unspecified atom stereocenters. The molecule has 3 heteroatoms. The van der Waals surface area contributed by atoms with Gasteiger partial charge < -0.3 is 5.32 Å². The third-order valence-electron chi connectivity index (χ3n) is 1.71. The fourth-order valence-corrected chi connectivity index (χ4v) is 1.14. The van der Waals surface area contributed by atoms with E-state index >= 15 is 0 Å². The zero-order chi connectivity index (χ0) is 7.84. The van der Waals surface area contributed by atoms with Gasteiger partial charge in [-0.2, -0.15) is 0 Å². The predicted octanol–water partition coefficient (Wildman–Crippen LogP) is 1.46. The summed E-state index contributed by atoms with van der Waals surface area (Å²) in [7, 11) is 0. The van der Waals surface area contributed by atoms with Gasteiger partial charge in [-0.3, -0.25) is 10.8 Å². The van der Waals surface area contributed by atoms with Gasteiger partial charge in [-0.15, -0.1) is 0 Å². The van der Waals surface area contributed by atoms with Crippen molar-refractivity contribution in [3.05, 3.63) is 29.8 Å². The van der Waals surface area contributed by atoms with Crippen molar-refractivity contribution >= 4 is 17.2 Å². The van der Waals surface area contributed by atoms with Crippen LogP contribution in [0.15, 0.2) is 24.3 Å². The predicted molar refractivity (Wildman–Crippen MR) is 44.6 cm³/mol. The average molecular weight is 145 g/mol. The molecule has 1 aromatic carbocycles. The molecule has 0 atom stereocenters. The number of hydrogen-bond donors (Lipinski definition) is 3. The Morgan fingerprint density at radius 3 is 2.55 bits per heavy atom. The lowest BCUT2D eigenvalue weighted by Gasteiger charge is -1.93. The van der Waals surface area contributed by atoms with Gasteiger partial charge in [0.1, 0.15) is 11.5 Å². The van der Waals surface area contributed by atoms with E-state index in [2.05, 4.69) is 5.32 Å². The van der Waals surface area contributed by atoms with Gasteiger partial charge in [0, 0.05) is 11.3 Å². The molecule has 0 amide bonds. The number of anilines is 1. The van der Waals surface area contributed by atoms with Crippen LogP contribution in [0.3, 0.4) is 0 Å². The van der Waals surface area contributed by atoms with Gasteiger partial charge in [0.25, 0.3) is 0 Å². The second-order valence-electron chi connectivity index (χ2n) is 2.42. The van der Waals surface area contributed by atoms with E-state index in [4.69, 9.17) is 10.8 Å². The van der Waals surface area contributed by atoms with Gasteiger partial charge in [-0.1, -0.05) is 18.2 Å². The zero-order valence-corrected chi connectivity index (χ0v) is 5.81. The van der Waals surface area contributed by atoms with E-state index in [1.165, 1.54) is 0 Å². The van der Waals surface area contributed by atoms with Crippen LogP contribution in [0.4, 0.5) is 5.69 Å². The fourth-order valence-electron chi connectivity index (χ4n) is 1.14. The molecule has 0 radical (unpaired) electrons. The summed E-state index contributed by atoms with van der Waals surface area (Å²) in [4.78, 5) is 0. The first-order chi connectivity index (χ1) is 5.29. The molecule has 0 aliphatic carbocycles. The third-order valence-corrected chi connectivity index (χ3v) is 1.71. The molecule has 0 saturated heterocycles. The summed E-state index contributed by atoms with van der Waals surface area (Å²) in [6, 6.07) is 7.46. The molecule has 0 fully saturated rings. The van der Waals surface area contributed by atoms with Crippen LogP contribution >= 0.6 is 0 Å². The molecule has 0 saturated carbocycles. The summed E-state index contributed by atoms with van der Waals surface area (Å²) in [6.45, 7) is 0. The highest BCUT2D eigenvalue weighted by Gasteiger charge is 2.19. The number of nitrogens with one attached hydrogen (secondary N) is 3. The molecule has 0 spiro atoms. The van der Waals surface area contributed by atoms with Gasteiger partial charge in [0.2, 0.25) is 0 Å². The van der Waals surface area contributed by atoms with E-state index in [1.807, 2.05) is 24.3 Å². The molecule has 54 valence electrons. The lowest BCUT2D eigenvalue weighted by molar-refractivity contribution is 1.49. The van der Waals surface area contributed by atoms with E-state index < -0.39 is 0 Å². The van der Waals surface area contributed by atoms with Gasteiger partial charge in [0.15, 0.2) is 0 Å². The molecule has 0 bridgehead atoms. The first-order valence-electron chi connectivity index (χ1n) is 3.33. The number of rotatable bonds is 0. The Hall–Kier alpha value is -1.64. The summed E-state index contributed by atoms with van der Waals surface area (Å²) in [5.41, 5.74) is 1.96. The Bertz CT molecular complexity index is 341. The van der Waals surface area contributed by atoms with E-state index in [0.717, 1.165) is 11.3 Å². The molecule has 1 heterocycles. The molecule has 1 aromatic rings. The maximum Gasteiger partial charge on any atom is 0.148 e. The fraction of sp³-hybridized carbons (Fsp3) is 0.